The number of hydrazine groups is 1. The molecule has 0 saturated carbocycles. The topological polar surface area (TPSA) is 109 Å². The van der Waals surface area contributed by atoms with Crippen LogP contribution in [0.5, 0.6) is 5.75 Å². The van der Waals surface area contributed by atoms with Crippen LogP contribution in [0.4, 0.5) is 16.2 Å². The maximum atomic E-state index is 11.9. The number of nitrogens with one attached hydrogen (secondary N) is 4. The molecular formula is C17H22N4O4S. The Kier molecular flexibility index (Phi) is 6.42. The van der Waals surface area contributed by atoms with Crippen LogP contribution in [0.3, 0.4) is 0 Å². The van der Waals surface area contributed by atoms with Crippen LogP contribution < -0.4 is 25.6 Å². The van der Waals surface area contributed by atoms with Crippen LogP contribution in [0.15, 0.2) is 42.5 Å². The van der Waals surface area contributed by atoms with Crippen molar-refractivity contribution < 1.29 is 17.9 Å². The predicted molar refractivity (Wildman–Crippen MR) is 102 cm³/mol. The van der Waals surface area contributed by atoms with E-state index in [2.05, 4.69) is 20.9 Å². The number of carbonyl (C=O) groups excluding carboxylic acids is 1. The van der Waals surface area contributed by atoms with E-state index < -0.39 is 16.1 Å². The van der Waals surface area contributed by atoms with Gasteiger partial charge in [-0.3, -0.25) is 0 Å². The quantitative estimate of drug-likeness (QED) is 0.437. The second-order valence-electron chi connectivity index (χ2n) is 5.77. The zero-order valence-corrected chi connectivity index (χ0v) is 15.6. The summed E-state index contributed by atoms with van der Waals surface area (Å²) in [4.78, 5) is 14.0. The van der Waals surface area contributed by atoms with Gasteiger partial charge in [-0.2, -0.15) is 0 Å². The fourth-order valence-electron chi connectivity index (χ4n) is 2.10. The van der Waals surface area contributed by atoms with E-state index in [1.54, 1.807) is 24.3 Å². The Morgan fingerprint density at radius 1 is 1.04 bits per heavy atom. The molecule has 2 rings (SSSR count). The van der Waals surface area contributed by atoms with Crippen molar-refractivity contribution in [3.05, 3.63) is 53.6 Å². The SMILES string of the molecule is Cc1ccc(OCNC(=O)Nc2ccc(NNS(C)(=O)=O)cc2)c(C)c1. The van der Waals surface area contributed by atoms with Crippen molar-refractivity contribution in [2.75, 3.05) is 23.7 Å². The molecule has 0 bridgehead atoms. The molecule has 0 aliphatic carbocycles. The smallest absolute Gasteiger partial charge is 0.321 e. The lowest BCUT2D eigenvalue weighted by Gasteiger charge is -2.12. The lowest BCUT2D eigenvalue weighted by Crippen LogP contribution is -2.32. The first-order valence-electron chi connectivity index (χ1n) is 7.81. The second-order valence-corrected chi connectivity index (χ2v) is 7.51. The fraction of sp³-hybridized carbons (Fsp3) is 0.235. The molecule has 0 unspecified atom stereocenters. The van der Waals surface area contributed by atoms with E-state index in [0.29, 0.717) is 17.1 Å². The maximum Gasteiger partial charge on any atom is 0.321 e. The summed E-state index contributed by atoms with van der Waals surface area (Å²) in [7, 11) is -3.34. The molecule has 0 heterocycles. The molecule has 2 amide bonds. The van der Waals surface area contributed by atoms with Gasteiger partial charge in [-0.05, 0) is 49.7 Å². The summed E-state index contributed by atoms with van der Waals surface area (Å²) in [6.45, 7) is 3.98. The number of amides is 2. The summed E-state index contributed by atoms with van der Waals surface area (Å²) in [5.41, 5.74) is 5.78. The van der Waals surface area contributed by atoms with Crippen LogP contribution in [-0.4, -0.2) is 27.4 Å². The van der Waals surface area contributed by atoms with Gasteiger partial charge in [0.05, 0.1) is 6.26 Å². The van der Waals surface area contributed by atoms with Crippen molar-refractivity contribution in [2.24, 2.45) is 0 Å². The van der Waals surface area contributed by atoms with Crippen LogP contribution in [0.25, 0.3) is 0 Å². The van der Waals surface area contributed by atoms with Crippen LogP contribution in [0.1, 0.15) is 11.1 Å². The summed E-state index contributed by atoms with van der Waals surface area (Å²) in [6.07, 6.45) is 1.04. The number of sulfonamides is 1. The van der Waals surface area contributed by atoms with E-state index in [-0.39, 0.29) is 6.73 Å². The molecule has 9 heteroatoms. The average Bonchev–Trinajstić information content (AvgIpc) is 2.55. The number of carbonyl (C=O) groups is 1. The molecule has 0 aromatic heterocycles. The van der Waals surface area contributed by atoms with Gasteiger partial charge in [0.2, 0.25) is 10.0 Å². The van der Waals surface area contributed by atoms with Gasteiger partial charge in [0, 0.05) is 11.4 Å². The highest BCUT2D eigenvalue weighted by Crippen LogP contribution is 2.18. The van der Waals surface area contributed by atoms with Gasteiger partial charge >= 0.3 is 6.03 Å². The molecule has 140 valence electrons. The molecule has 26 heavy (non-hydrogen) atoms. The van der Waals surface area contributed by atoms with Gasteiger partial charge in [0.1, 0.15) is 5.75 Å². The minimum atomic E-state index is -3.34. The van der Waals surface area contributed by atoms with Crippen LogP contribution in [0.2, 0.25) is 0 Å². The molecule has 0 spiro atoms. The van der Waals surface area contributed by atoms with Crippen molar-refractivity contribution in [1.29, 1.82) is 0 Å². The van der Waals surface area contributed by atoms with Crippen molar-refractivity contribution in [3.8, 4) is 5.75 Å². The van der Waals surface area contributed by atoms with E-state index in [1.807, 2.05) is 32.0 Å². The van der Waals surface area contributed by atoms with Crippen molar-refractivity contribution in [2.45, 2.75) is 13.8 Å². The van der Waals surface area contributed by atoms with Gasteiger partial charge in [-0.1, -0.05) is 17.7 Å². The lowest BCUT2D eigenvalue weighted by molar-refractivity contribution is 0.234. The minimum Gasteiger partial charge on any atom is -0.473 e. The first-order valence-corrected chi connectivity index (χ1v) is 9.70. The Labute approximate surface area is 153 Å². The highest BCUT2D eigenvalue weighted by Gasteiger charge is 2.04. The third-order valence-electron chi connectivity index (χ3n) is 3.31. The third kappa shape index (κ3) is 6.61. The standard InChI is InChI=1S/C17H22N4O4S/c1-12-4-9-16(13(2)10-12)25-11-18-17(22)19-14-5-7-15(8-6-14)20-21-26(3,23)24/h4-10,20-21H,11H2,1-3H3,(H2,18,19,22). The summed E-state index contributed by atoms with van der Waals surface area (Å²) in [6, 6.07) is 11.9. The van der Waals surface area contributed by atoms with Crippen LogP contribution in [0, 0.1) is 13.8 Å². The van der Waals surface area contributed by atoms with Crippen molar-refractivity contribution in [1.82, 2.24) is 10.1 Å². The number of hydrogen-bond acceptors (Lipinski definition) is 5. The summed E-state index contributed by atoms with van der Waals surface area (Å²) in [5.74, 6) is 0.713. The van der Waals surface area contributed by atoms with Crippen LogP contribution >= 0.6 is 0 Å². The number of urea groups is 1. The number of aryl methyl sites for hydroxylation is 2. The van der Waals surface area contributed by atoms with Gasteiger partial charge in [0.25, 0.3) is 0 Å². The van der Waals surface area contributed by atoms with Gasteiger partial charge in [0.15, 0.2) is 6.73 Å². The average molecular weight is 378 g/mol. The zero-order chi connectivity index (χ0) is 19.2. The largest absolute Gasteiger partial charge is 0.473 e. The molecular weight excluding hydrogens is 356 g/mol. The Morgan fingerprint density at radius 3 is 2.31 bits per heavy atom. The van der Waals surface area contributed by atoms with E-state index in [1.165, 1.54) is 0 Å². The molecule has 0 aliphatic heterocycles. The highest BCUT2D eigenvalue weighted by molar-refractivity contribution is 7.88. The van der Waals surface area contributed by atoms with E-state index in [4.69, 9.17) is 4.74 Å². The van der Waals surface area contributed by atoms with Crippen LogP contribution in [-0.2, 0) is 10.0 Å². The first kappa shape index (κ1) is 19.5. The number of ether oxygens (including phenoxy) is 1. The maximum absolute atomic E-state index is 11.9. The van der Waals surface area contributed by atoms with Gasteiger partial charge in [-0.15, -0.1) is 4.83 Å². The fourth-order valence-corrected chi connectivity index (χ4v) is 2.41. The third-order valence-corrected chi connectivity index (χ3v) is 3.79. The minimum absolute atomic E-state index is 0.0354. The monoisotopic (exact) mass is 378 g/mol. The molecule has 2 aromatic rings. The number of anilines is 2. The van der Waals surface area contributed by atoms with E-state index in [0.717, 1.165) is 17.4 Å². The molecule has 0 radical (unpaired) electrons. The summed E-state index contributed by atoms with van der Waals surface area (Å²) >= 11 is 0. The Balaban J connectivity index is 1.78. The van der Waals surface area contributed by atoms with Crippen molar-refractivity contribution >= 4 is 27.4 Å². The number of benzene rings is 2. The number of rotatable bonds is 7. The molecule has 4 N–H and O–H groups in total. The Bertz CT molecular complexity index is 867. The van der Waals surface area contributed by atoms with E-state index in [9.17, 15) is 13.2 Å². The van der Waals surface area contributed by atoms with Gasteiger partial charge in [-0.25, -0.2) is 13.2 Å². The molecule has 0 atom stereocenters. The van der Waals surface area contributed by atoms with E-state index >= 15 is 0 Å². The highest BCUT2D eigenvalue weighted by atomic mass is 32.2. The normalized spacial score (nSPS) is 10.9. The zero-order valence-electron chi connectivity index (χ0n) is 14.8. The lowest BCUT2D eigenvalue weighted by atomic mass is 10.1. The first-order chi connectivity index (χ1) is 12.2. The molecule has 0 aliphatic rings. The molecule has 2 aromatic carbocycles. The molecule has 0 saturated heterocycles. The number of hydrogen-bond donors (Lipinski definition) is 4. The summed E-state index contributed by atoms with van der Waals surface area (Å²) < 4.78 is 27.5. The van der Waals surface area contributed by atoms with Crippen molar-refractivity contribution in [3.63, 3.8) is 0 Å². The summed E-state index contributed by atoms with van der Waals surface area (Å²) in [5, 5.41) is 5.26. The second kappa shape index (κ2) is 8.54. The molecule has 8 nitrogen and oxygen atoms in total. The Morgan fingerprint density at radius 2 is 1.69 bits per heavy atom. The molecule has 0 fully saturated rings. The Hall–Kier alpha value is -2.78. The predicted octanol–water partition coefficient (Wildman–Crippen LogP) is 2.34. The van der Waals surface area contributed by atoms with Gasteiger partial charge < -0.3 is 20.8 Å².